The summed E-state index contributed by atoms with van der Waals surface area (Å²) in [5.41, 5.74) is 5.69. The molecule has 86 valence electrons. The third-order valence-corrected chi connectivity index (χ3v) is 2.71. The molecule has 3 N–H and O–H groups in total. The topological polar surface area (TPSA) is 55.1 Å². The number of rotatable bonds is 5. The van der Waals surface area contributed by atoms with Crippen molar-refractivity contribution in [2.24, 2.45) is 17.6 Å². The normalized spacial score (nSPS) is 24.8. The molecule has 0 radical (unpaired) electrons. The van der Waals surface area contributed by atoms with Crippen molar-refractivity contribution in [3.63, 3.8) is 0 Å². The van der Waals surface area contributed by atoms with Gasteiger partial charge in [-0.1, -0.05) is 26.0 Å². The van der Waals surface area contributed by atoms with Crippen LogP contribution in [0.3, 0.4) is 0 Å². The molecule has 2 unspecified atom stereocenters. The Morgan fingerprint density at radius 3 is 2.80 bits per heavy atom. The first-order chi connectivity index (χ1) is 7.09. The zero-order valence-electron chi connectivity index (χ0n) is 9.70. The van der Waals surface area contributed by atoms with Crippen molar-refractivity contribution in [1.29, 1.82) is 0 Å². The van der Waals surface area contributed by atoms with Crippen LogP contribution in [0.4, 0.5) is 0 Å². The van der Waals surface area contributed by atoms with Gasteiger partial charge in [0.05, 0.1) is 5.92 Å². The molecule has 0 aromatic heterocycles. The third kappa shape index (κ3) is 4.47. The van der Waals surface area contributed by atoms with Gasteiger partial charge >= 0.3 is 0 Å². The Morgan fingerprint density at radius 1 is 1.53 bits per heavy atom. The van der Waals surface area contributed by atoms with Gasteiger partial charge in [-0.2, -0.15) is 0 Å². The van der Waals surface area contributed by atoms with E-state index in [1.165, 1.54) is 6.42 Å². The standard InChI is InChI=1S/C12H22N2O/c1-9(2)4-3-7-14-12(15)10-5-6-11(13)8-10/h5-6,9-11H,3-4,7-8,13H2,1-2H3,(H,14,15). The van der Waals surface area contributed by atoms with Crippen LogP contribution in [0.15, 0.2) is 12.2 Å². The van der Waals surface area contributed by atoms with Crippen LogP contribution >= 0.6 is 0 Å². The highest BCUT2D eigenvalue weighted by atomic mass is 16.1. The zero-order chi connectivity index (χ0) is 11.3. The second kappa shape index (κ2) is 5.91. The van der Waals surface area contributed by atoms with E-state index in [0.717, 1.165) is 19.4 Å². The number of carbonyl (C=O) groups is 1. The van der Waals surface area contributed by atoms with Gasteiger partial charge in [0.15, 0.2) is 0 Å². The average Bonchev–Trinajstić information content (AvgIpc) is 2.59. The molecule has 1 aliphatic rings. The maximum atomic E-state index is 11.6. The molecular weight excluding hydrogens is 188 g/mol. The summed E-state index contributed by atoms with van der Waals surface area (Å²) in [6.45, 7) is 5.18. The minimum atomic E-state index is -0.000880. The molecule has 0 saturated carbocycles. The lowest BCUT2D eigenvalue weighted by Crippen LogP contribution is -2.31. The van der Waals surface area contributed by atoms with Gasteiger partial charge in [-0.05, 0) is 25.2 Å². The summed E-state index contributed by atoms with van der Waals surface area (Å²) in [5.74, 6) is 0.837. The summed E-state index contributed by atoms with van der Waals surface area (Å²) < 4.78 is 0. The molecule has 15 heavy (non-hydrogen) atoms. The molecule has 0 saturated heterocycles. The Hall–Kier alpha value is -0.830. The van der Waals surface area contributed by atoms with E-state index >= 15 is 0 Å². The van der Waals surface area contributed by atoms with E-state index in [4.69, 9.17) is 5.73 Å². The largest absolute Gasteiger partial charge is 0.356 e. The smallest absolute Gasteiger partial charge is 0.226 e. The van der Waals surface area contributed by atoms with Gasteiger partial charge in [0, 0.05) is 12.6 Å². The maximum Gasteiger partial charge on any atom is 0.226 e. The summed E-state index contributed by atoms with van der Waals surface area (Å²) in [4.78, 5) is 11.6. The van der Waals surface area contributed by atoms with Crippen LogP contribution in [-0.4, -0.2) is 18.5 Å². The monoisotopic (exact) mass is 210 g/mol. The van der Waals surface area contributed by atoms with E-state index in [0.29, 0.717) is 5.92 Å². The number of hydrogen-bond acceptors (Lipinski definition) is 2. The predicted molar refractivity (Wildman–Crippen MR) is 62.3 cm³/mol. The number of carbonyl (C=O) groups excluding carboxylic acids is 1. The van der Waals surface area contributed by atoms with Gasteiger partial charge in [-0.25, -0.2) is 0 Å². The second-order valence-corrected chi connectivity index (χ2v) is 4.72. The average molecular weight is 210 g/mol. The SMILES string of the molecule is CC(C)CCCNC(=O)C1C=CC(N)C1. The van der Waals surface area contributed by atoms with Gasteiger partial charge in [-0.15, -0.1) is 0 Å². The van der Waals surface area contributed by atoms with Crippen LogP contribution in [0.1, 0.15) is 33.1 Å². The fourth-order valence-corrected chi connectivity index (χ4v) is 1.77. The number of amides is 1. The van der Waals surface area contributed by atoms with Gasteiger partial charge in [-0.3, -0.25) is 4.79 Å². The fraction of sp³-hybridized carbons (Fsp3) is 0.750. The summed E-state index contributed by atoms with van der Waals surface area (Å²) in [7, 11) is 0. The molecule has 0 aliphatic heterocycles. The molecule has 3 nitrogen and oxygen atoms in total. The van der Waals surface area contributed by atoms with Crippen molar-refractivity contribution in [1.82, 2.24) is 5.32 Å². The van der Waals surface area contributed by atoms with Crippen LogP contribution in [0, 0.1) is 11.8 Å². The lowest BCUT2D eigenvalue weighted by Gasteiger charge is -2.11. The van der Waals surface area contributed by atoms with Crippen LogP contribution in [0.25, 0.3) is 0 Å². The summed E-state index contributed by atoms with van der Waals surface area (Å²) >= 11 is 0. The molecule has 1 amide bonds. The first kappa shape index (κ1) is 12.2. The van der Waals surface area contributed by atoms with Gasteiger partial charge in [0.2, 0.25) is 5.91 Å². The number of nitrogens with two attached hydrogens (primary N) is 1. The third-order valence-electron chi connectivity index (χ3n) is 2.71. The molecule has 0 fully saturated rings. The predicted octanol–water partition coefficient (Wildman–Crippen LogP) is 1.44. The highest BCUT2D eigenvalue weighted by molar-refractivity contribution is 5.81. The van der Waals surface area contributed by atoms with Crippen LogP contribution in [0.2, 0.25) is 0 Å². The quantitative estimate of drug-likeness (QED) is 0.533. The molecule has 0 aromatic rings. The molecule has 0 spiro atoms. The van der Waals surface area contributed by atoms with E-state index in [-0.39, 0.29) is 17.9 Å². The van der Waals surface area contributed by atoms with E-state index < -0.39 is 0 Å². The van der Waals surface area contributed by atoms with Gasteiger partial charge < -0.3 is 11.1 Å². The van der Waals surface area contributed by atoms with E-state index in [1.54, 1.807) is 0 Å². The Bertz CT molecular complexity index is 236. The molecule has 1 aliphatic carbocycles. The first-order valence-corrected chi connectivity index (χ1v) is 5.81. The summed E-state index contributed by atoms with van der Waals surface area (Å²) in [6.07, 6.45) is 6.82. The highest BCUT2D eigenvalue weighted by Gasteiger charge is 2.21. The minimum absolute atomic E-state index is 0.000880. The van der Waals surface area contributed by atoms with Crippen LogP contribution in [0.5, 0.6) is 0 Å². The van der Waals surface area contributed by atoms with Crippen molar-refractivity contribution in [2.45, 2.75) is 39.2 Å². The Balaban J connectivity index is 2.11. The fourth-order valence-electron chi connectivity index (χ4n) is 1.77. The van der Waals surface area contributed by atoms with E-state index in [9.17, 15) is 4.79 Å². The van der Waals surface area contributed by atoms with Crippen molar-refractivity contribution >= 4 is 5.91 Å². The van der Waals surface area contributed by atoms with Gasteiger partial charge in [0.1, 0.15) is 0 Å². The highest BCUT2D eigenvalue weighted by Crippen LogP contribution is 2.16. The molecule has 0 heterocycles. The molecule has 0 bridgehead atoms. The Labute approximate surface area is 92.1 Å². The first-order valence-electron chi connectivity index (χ1n) is 5.81. The van der Waals surface area contributed by atoms with E-state index in [2.05, 4.69) is 19.2 Å². The lowest BCUT2D eigenvalue weighted by molar-refractivity contribution is -0.123. The number of nitrogens with one attached hydrogen (secondary N) is 1. The second-order valence-electron chi connectivity index (χ2n) is 4.72. The maximum absolute atomic E-state index is 11.6. The minimum Gasteiger partial charge on any atom is -0.356 e. The Morgan fingerprint density at radius 2 is 2.27 bits per heavy atom. The summed E-state index contributed by atoms with van der Waals surface area (Å²) in [6, 6.07) is 0.0661. The van der Waals surface area contributed by atoms with Crippen molar-refractivity contribution in [3.8, 4) is 0 Å². The number of hydrogen-bond donors (Lipinski definition) is 2. The molecule has 0 aromatic carbocycles. The van der Waals surface area contributed by atoms with Crippen molar-refractivity contribution in [2.75, 3.05) is 6.54 Å². The van der Waals surface area contributed by atoms with Crippen LogP contribution in [-0.2, 0) is 4.79 Å². The molecule has 3 heteroatoms. The zero-order valence-corrected chi connectivity index (χ0v) is 9.70. The van der Waals surface area contributed by atoms with Crippen LogP contribution < -0.4 is 11.1 Å². The molecule has 1 rings (SSSR count). The summed E-state index contributed by atoms with van der Waals surface area (Å²) in [5, 5.41) is 2.95. The van der Waals surface area contributed by atoms with Gasteiger partial charge in [0.25, 0.3) is 0 Å². The molecule has 2 atom stereocenters. The molecular formula is C12H22N2O. The van der Waals surface area contributed by atoms with E-state index in [1.807, 2.05) is 12.2 Å². The van der Waals surface area contributed by atoms with Crippen molar-refractivity contribution in [3.05, 3.63) is 12.2 Å². The lowest BCUT2D eigenvalue weighted by atomic mass is 10.1. The van der Waals surface area contributed by atoms with Crippen molar-refractivity contribution < 1.29 is 4.79 Å². The Kier molecular flexibility index (Phi) is 4.82.